The molecule has 4 aromatic rings. The molecule has 5 rings (SSSR count). The molecule has 0 aliphatic carbocycles. The fourth-order valence-corrected chi connectivity index (χ4v) is 6.05. The van der Waals surface area contributed by atoms with E-state index < -0.39 is 21.2 Å². The lowest BCUT2D eigenvalue weighted by Crippen LogP contribution is -2.51. The maximum Gasteiger partial charge on any atom is 0.411 e. The summed E-state index contributed by atoms with van der Waals surface area (Å²) < 4.78 is 35.6. The van der Waals surface area contributed by atoms with Gasteiger partial charge in [0.15, 0.2) is 11.5 Å². The molecule has 0 atom stereocenters. The third-order valence-corrected chi connectivity index (χ3v) is 8.90. The highest BCUT2D eigenvalue weighted by molar-refractivity contribution is 7.92. The highest BCUT2D eigenvalue weighted by atomic mass is 32.2. The fraction of sp³-hybridized carbons (Fsp3) is 0.452. The first-order valence-corrected chi connectivity index (χ1v) is 16.5. The number of carbonyl (C=O) groups excluding carboxylic acids is 1. The predicted octanol–water partition coefficient (Wildman–Crippen LogP) is 5.09. The van der Waals surface area contributed by atoms with Crippen molar-refractivity contribution >= 4 is 44.6 Å². The number of aromatic nitrogens is 5. The summed E-state index contributed by atoms with van der Waals surface area (Å²) in [5, 5.41) is 3.56. The molecule has 0 radical (unpaired) electrons. The third kappa shape index (κ3) is 6.37. The van der Waals surface area contributed by atoms with E-state index in [9.17, 15) is 18.0 Å². The van der Waals surface area contributed by atoms with Crippen LogP contribution in [-0.2, 0) is 26.7 Å². The van der Waals surface area contributed by atoms with Gasteiger partial charge in [-0.2, -0.15) is 4.98 Å². The van der Waals surface area contributed by atoms with E-state index in [1.807, 2.05) is 66.7 Å². The molecule has 3 aromatic heterocycles. The number of amides is 1. The number of pyridine rings is 1. The minimum Gasteiger partial charge on any atom is -0.444 e. The van der Waals surface area contributed by atoms with E-state index in [-0.39, 0.29) is 35.2 Å². The lowest BCUT2D eigenvalue weighted by atomic mass is 9.83. The molecule has 0 saturated carbocycles. The Morgan fingerprint density at radius 2 is 1.87 bits per heavy atom. The van der Waals surface area contributed by atoms with Crippen molar-refractivity contribution in [1.29, 1.82) is 0 Å². The Morgan fingerprint density at radius 3 is 2.53 bits per heavy atom. The second kappa shape index (κ2) is 11.5. The van der Waals surface area contributed by atoms with E-state index in [4.69, 9.17) is 9.72 Å². The molecule has 45 heavy (non-hydrogen) atoms. The molecule has 1 aromatic carbocycles. The molecule has 2 N–H and O–H groups in total. The third-order valence-electron chi connectivity index (χ3n) is 7.62. The van der Waals surface area contributed by atoms with Crippen LogP contribution in [0.1, 0.15) is 72.6 Å². The molecule has 13 nitrogen and oxygen atoms in total. The highest BCUT2D eigenvalue weighted by Crippen LogP contribution is 2.37. The molecule has 0 bridgehead atoms. The van der Waals surface area contributed by atoms with Crippen molar-refractivity contribution in [2.24, 2.45) is 0 Å². The average molecular weight is 637 g/mol. The molecule has 1 aliphatic heterocycles. The number of benzene rings is 1. The van der Waals surface area contributed by atoms with Crippen molar-refractivity contribution < 1.29 is 17.9 Å². The van der Waals surface area contributed by atoms with E-state index in [0.717, 1.165) is 16.8 Å². The Hall–Kier alpha value is -4.46. The van der Waals surface area contributed by atoms with Crippen LogP contribution in [0.5, 0.6) is 0 Å². The summed E-state index contributed by atoms with van der Waals surface area (Å²) in [6.07, 6.45) is 1.78. The summed E-state index contributed by atoms with van der Waals surface area (Å²) in [5.41, 5.74) is 1.72. The zero-order chi connectivity index (χ0) is 32.9. The number of nitrogens with zero attached hydrogens (tertiary/aromatic N) is 6. The van der Waals surface area contributed by atoms with Crippen molar-refractivity contribution in [3.05, 3.63) is 64.1 Å². The van der Waals surface area contributed by atoms with Crippen molar-refractivity contribution in [3.63, 3.8) is 0 Å². The van der Waals surface area contributed by atoms with Crippen LogP contribution in [0.15, 0.2) is 47.4 Å². The van der Waals surface area contributed by atoms with Crippen LogP contribution in [-0.4, -0.2) is 61.6 Å². The van der Waals surface area contributed by atoms with Gasteiger partial charge in [-0.15, -0.1) is 0 Å². The Labute approximate surface area is 262 Å². The van der Waals surface area contributed by atoms with E-state index in [1.54, 1.807) is 27.8 Å². The number of sulfonamides is 1. The topological polar surface area (TPSA) is 153 Å². The number of ether oxygens (including phenoxy) is 1. The fourth-order valence-electron chi connectivity index (χ4n) is 5.47. The van der Waals surface area contributed by atoms with Crippen LogP contribution in [0.3, 0.4) is 0 Å². The molecule has 1 amide bonds. The van der Waals surface area contributed by atoms with Gasteiger partial charge in [0.25, 0.3) is 5.56 Å². The van der Waals surface area contributed by atoms with E-state index >= 15 is 0 Å². The Balaban J connectivity index is 1.50. The van der Waals surface area contributed by atoms with Crippen molar-refractivity contribution in [2.75, 3.05) is 22.3 Å². The number of nitrogens with one attached hydrogen (secondary N) is 2. The Bertz CT molecular complexity index is 1940. The van der Waals surface area contributed by atoms with Gasteiger partial charge in [0, 0.05) is 24.5 Å². The second-order valence-corrected chi connectivity index (χ2v) is 14.8. The molecule has 240 valence electrons. The minimum atomic E-state index is -3.56. The quantitative estimate of drug-likeness (QED) is 0.282. The van der Waals surface area contributed by atoms with Gasteiger partial charge in [-0.1, -0.05) is 12.1 Å². The lowest BCUT2D eigenvalue weighted by Gasteiger charge is -2.44. The number of hydrogen-bond acceptors (Lipinski definition) is 9. The van der Waals surface area contributed by atoms with Gasteiger partial charge in [-0.25, -0.2) is 32.5 Å². The number of rotatable bonds is 7. The normalized spacial score (nSPS) is 14.8. The van der Waals surface area contributed by atoms with Gasteiger partial charge in [0.2, 0.25) is 16.0 Å². The molecular formula is C31H40N8O5S. The van der Waals surface area contributed by atoms with Crippen LogP contribution in [0, 0.1) is 0 Å². The van der Waals surface area contributed by atoms with Gasteiger partial charge in [0.05, 0.1) is 11.3 Å². The summed E-state index contributed by atoms with van der Waals surface area (Å²) in [7, 11) is -3.56. The monoisotopic (exact) mass is 636 g/mol. The maximum absolute atomic E-state index is 13.4. The molecular weight excluding hydrogens is 596 g/mol. The molecule has 0 saturated heterocycles. The van der Waals surface area contributed by atoms with Gasteiger partial charge < -0.3 is 10.1 Å². The van der Waals surface area contributed by atoms with Gasteiger partial charge in [0.1, 0.15) is 16.8 Å². The highest BCUT2D eigenvalue weighted by Gasteiger charge is 2.39. The zero-order valence-electron chi connectivity index (χ0n) is 26.9. The molecule has 1 aliphatic rings. The minimum absolute atomic E-state index is 0.105. The largest absolute Gasteiger partial charge is 0.444 e. The maximum atomic E-state index is 13.4. The number of hydrogen-bond donors (Lipinski definition) is 2. The lowest BCUT2D eigenvalue weighted by molar-refractivity contribution is -0.000304. The number of anilines is 3. The second-order valence-electron chi connectivity index (χ2n) is 12.8. The summed E-state index contributed by atoms with van der Waals surface area (Å²) in [4.78, 5) is 41.8. The SMILES string of the molecule is CCS(=O)(=O)Nc1cccc(-n2c3nc(Nc4ccc5c(c4)CCN(C(=O)OC(C)(C)C)C5(C)C)ncc3c(=O)n2C(C)C)n1. The standard InChI is InChI=1S/C31H40N8O5S/c1-9-45(42,43)36-24-11-10-12-25(34-24)39-26-22(27(40)38(39)19(2)3)18-32-28(35-26)33-21-13-14-23-20(17-21)15-16-37(31(23,7)8)29(41)44-30(4,5)6/h10-14,17-19H,9,15-16H2,1-8H3,(H,34,36)(H,32,33,35). The molecule has 14 heteroatoms. The summed E-state index contributed by atoms with van der Waals surface area (Å²) in [6, 6.07) is 10.6. The van der Waals surface area contributed by atoms with Gasteiger partial charge >= 0.3 is 6.09 Å². The summed E-state index contributed by atoms with van der Waals surface area (Å²) >= 11 is 0. The van der Waals surface area contributed by atoms with Gasteiger partial charge in [-0.3, -0.25) is 14.4 Å². The summed E-state index contributed by atoms with van der Waals surface area (Å²) in [5.74, 6) is 0.619. The summed E-state index contributed by atoms with van der Waals surface area (Å²) in [6.45, 7) is 15.4. The Morgan fingerprint density at radius 1 is 1.13 bits per heavy atom. The van der Waals surface area contributed by atoms with Crippen LogP contribution in [0.2, 0.25) is 0 Å². The molecule has 0 spiro atoms. The van der Waals surface area contributed by atoms with Crippen molar-refractivity contribution in [3.8, 4) is 5.82 Å². The van der Waals surface area contributed by atoms with E-state index in [0.29, 0.717) is 29.8 Å². The smallest absolute Gasteiger partial charge is 0.411 e. The van der Waals surface area contributed by atoms with Crippen molar-refractivity contribution in [2.45, 2.75) is 79.0 Å². The van der Waals surface area contributed by atoms with Gasteiger partial charge in [-0.05, 0) is 97.2 Å². The zero-order valence-corrected chi connectivity index (χ0v) is 27.7. The first kappa shape index (κ1) is 31.9. The Kier molecular flexibility index (Phi) is 8.15. The van der Waals surface area contributed by atoms with Crippen LogP contribution >= 0.6 is 0 Å². The van der Waals surface area contributed by atoms with E-state index in [1.165, 1.54) is 17.8 Å². The first-order valence-electron chi connectivity index (χ1n) is 14.9. The average Bonchev–Trinajstić information content (AvgIpc) is 3.23. The number of fused-ring (bicyclic) bond motifs is 2. The molecule has 0 fully saturated rings. The first-order chi connectivity index (χ1) is 21.0. The molecule has 0 unspecified atom stereocenters. The predicted molar refractivity (Wildman–Crippen MR) is 174 cm³/mol. The van der Waals surface area contributed by atoms with Crippen LogP contribution in [0.4, 0.5) is 22.2 Å². The number of carbonyl (C=O) groups is 1. The van der Waals surface area contributed by atoms with Crippen LogP contribution in [0.25, 0.3) is 16.9 Å². The van der Waals surface area contributed by atoms with E-state index in [2.05, 4.69) is 20.0 Å². The molecule has 4 heterocycles. The van der Waals surface area contributed by atoms with Crippen LogP contribution < -0.4 is 15.6 Å². The van der Waals surface area contributed by atoms with Crippen molar-refractivity contribution in [1.82, 2.24) is 29.2 Å².